The van der Waals surface area contributed by atoms with Crippen LogP contribution in [0.5, 0.6) is 0 Å². The molecule has 1 atom stereocenters. The zero-order valence-corrected chi connectivity index (χ0v) is 13.2. The Balaban J connectivity index is 1.78. The molecule has 2 aromatic rings. The molecular formula is C15H16N4O2S. The predicted molar refractivity (Wildman–Crippen MR) is 85.1 cm³/mol. The van der Waals surface area contributed by atoms with Crippen molar-refractivity contribution in [1.82, 2.24) is 14.5 Å². The first kappa shape index (κ1) is 14.8. The third-order valence-corrected chi connectivity index (χ3v) is 4.66. The lowest BCUT2D eigenvalue weighted by molar-refractivity contribution is -0.119. The van der Waals surface area contributed by atoms with Crippen molar-refractivity contribution in [3.8, 4) is 0 Å². The van der Waals surface area contributed by atoms with Crippen LogP contribution in [0.3, 0.4) is 0 Å². The normalized spacial score (nSPS) is 16.9. The van der Waals surface area contributed by atoms with Crippen LogP contribution in [0.4, 0.5) is 5.82 Å². The first-order chi connectivity index (χ1) is 10.5. The van der Waals surface area contributed by atoms with Crippen LogP contribution in [0.25, 0.3) is 0 Å². The summed E-state index contributed by atoms with van der Waals surface area (Å²) < 4.78 is 1.58. The number of aromatic nitrogens is 3. The van der Waals surface area contributed by atoms with Gasteiger partial charge in [-0.05, 0) is 26.0 Å². The number of carbonyl (C=O) groups excluding carboxylic acids is 1. The highest BCUT2D eigenvalue weighted by molar-refractivity contribution is 7.99. The summed E-state index contributed by atoms with van der Waals surface area (Å²) in [4.78, 5) is 33.0. The molecule has 1 amide bonds. The number of rotatable bonds is 2. The van der Waals surface area contributed by atoms with Crippen molar-refractivity contribution in [3.63, 3.8) is 0 Å². The Morgan fingerprint density at radius 3 is 3.00 bits per heavy atom. The van der Waals surface area contributed by atoms with Crippen LogP contribution in [-0.2, 0) is 11.3 Å². The van der Waals surface area contributed by atoms with Crippen LogP contribution in [0.15, 0.2) is 34.3 Å². The Hall–Kier alpha value is -2.15. The van der Waals surface area contributed by atoms with Crippen molar-refractivity contribution in [2.24, 2.45) is 5.92 Å². The SMILES string of the molecule is Cc1cccc(NC(=O)[C@@H]2CSc3ncc(C)c(=O)n3C2)n1. The Kier molecular flexibility index (Phi) is 3.98. The highest BCUT2D eigenvalue weighted by atomic mass is 32.2. The van der Waals surface area contributed by atoms with Gasteiger partial charge in [0.05, 0.1) is 5.92 Å². The minimum absolute atomic E-state index is 0.0799. The Bertz CT molecular complexity index is 787. The number of aryl methyl sites for hydroxylation is 2. The number of pyridine rings is 1. The number of nitrogens with zero attached hydrogens (tertiary/aromatic N) is 3. The van der Waals surface area contributed by atoms with Crippen molar-refractivity contribution in [2.75, 3.05) is 11.1 Å². The van der Waals surface area contributed by atoms with E-state index in [0.29, 0.717) is 28.8 Å². The van der Waals surface area contributed by atoms with Crippen molar-refractivity contribution in [3.05, 3.63) is 46.0 Å². The molecule has 7 heteroatoms. The summed E-state index contributed by atoms with van der Waals surface area (Å²) in [5.74, 6) is 0.744. The molecule has 0 aromatic carbocycles. The lowest BCUT2D eigenvalue weighted by atomic mass is 10.1. The summed E-state index contributed by atoms with van der Waals surface area (Å²) in [6.07, 6.45) is 1.58. The average Bonchev–Trinajstić information content (AvgIpc) is 2.51. The first-order valence-electron chi connectivity index (χ1n) is 6.98. The molecule has 0 saturated carbocycles. The number of nitrogens with one attached hydrogen (secondary N) is 1. The quantitative estimate of drug-likeness (QED) is 0.852. The van der Waals surface area contributed by atoms with E-state index in [0.717, 1.165) is 5.69 Å². The lowest BCUT2D eigenvalue weighted by Gasteiger charge is -2.24. The highest BCUT2D eigenvalue weighted by Gasteiger charge is 2.27. The van der Waals surface area contributed by atoms with Crippen LogP contribution in [0, 0.1) is 19.8 Å². The summed E-state index contributed by atoms with van der Waals surface area (Å²) in [5, 5.41) is 3.49. The fourth-order valence-corrected chi connectivity index (χ4v) is 3.35. The summed E-state index contributed by atoms with van der Waals surface area (Å²) >= 11 is 1.43. The Labute approximate surface area is 132 Å². The van der Waals surface area contributed by atoms with Crippen LogP contribution in [0.2, 0.25) is 0 Å². The van der Waals surface area contributed by atoms with Gasteiger partial charge in [-0.1, -0.05) is 17.8 Å². The molecular weight excluding hydrogens is 300 g/mol. The molecule has 2 aromatic heterocycles. The van der Waals surface area contributed by atoms with Gasteiger partial charge in [-0.15, -0.1) is 0 Å². The van der Waals surface area contributed by atoms with Crippen LogP contribution in [0.1, 0.15) is 11.3 Å². The predicted octanol–water partition coefficient (Wildman–Crippen LogP) is 1.62. The Morgan fingerprint density at radius 1 is 1.41 bits per heavy atom. The molecule has 0 spiro atoms. The van der Waals surface area contributed by atoms with E-state index in [1.807, 2.05) is 19.1 Å². The maximum absolute atomic E-state index is 12.4. The second-order valence-corrected chi connectivity index (χ2v) is 6.29. The second kappa shape index (κ2) is 5.92. The molecule has 3 heterocycles. The summed E-state index contributed by atoms with van der Waals surface area (Å²) in [6.45, 7) is 3.96. The van der Waals surface area contributed by atoms with Crippen molar-refractivity contribution in [1.29, 1.82) is 0 Å². The maximum atomic E-state index is 12.4. The fourth-order valence-electron chi connectivity index (χ4n) is 2.30. The van der Waals surface area contributed by atoms with Gasteiger partial charge in [-0.25, -0.2) is 9.97 Å². The van der Waals surface area contributed by atoms with Gasteiger partial charge >= 0.3 is 0 Å². The largest absolute Gasteiger partial charge is 0.310 e. The number of anilines is 1. The molecule has 6 nitrogen and oxygen atoms in total. The van der Waals surface area contributed by atoms with E-state index < -0.39 is 0 Å². The van der Waals surface area contributed by atoms with Crippen molar-refractivity contribution in [2.45, 2.75) is 25.5 Å². The van der Waals surface area contributed by atoms with Gasteiger partial charge in [-0.2, -0.15) is 0 Å². The van der Waals surface area contributed by atoms with Gasteiger partial charge < -0.3 is 5.32 Å². The molecule has 114 valence electrons. The van der Waals surface area contributed by atoms with Crippen LogP contribution < -0.4 is 10.9 Å². The fraction of sp³-hybridized carbons (Fsp3) is 0.333. The molecule has 0 radical (unpaired) electrons. The number of hydrogen-bond acceptors (Lipinski definition) is 5. The third-order valence-electron chi connectivity index (χ3n) is 3.51. The molecule has 1 aliphatic rings. The second-order valence-electron chi connectivity index (χ2n) is 5.30. The summed E-state index contributed by atoms with van der Waals surface area (Å²) in [7, 11) is 0. The van der Waals surface area contributed by atoms with E-state index >= 15 is 0 Å². The molecule has 22 heavy (non-hydrogen) atoms. The Morgan fingerprint density at radius 2 is 2.23 bits per heavy atom. The van der Waals surface area contributed by atoms with Gasteiger partial charge in [-0.3, -0.25) is 14.2 Å². The zero-order valence-electron chi connectivity index (χ0n) is 12.4. The molecule has 0 fully saturated rings. The molecule has 0 unspecified atom stereocenters. The van der Waals surface area contributed by atoms with E-state index in [1.54, 1.807) is 23.8 Å². The number of fused-ring (bicyclic) bond motifs is 1. The summed E-state index contributed by atoms with van der Waals surface area (Å²) in [5.41, 5.74) is 1.35. The van der Waals surface area contributed by atoms with Crippen LogP contribution in [-0.4, -0.2) is 26.2 Å². The topological polar surface area (TPSA) is 76.9 Å². The molecule has 0 saturated heterocycles. The summed E-state index contributed by atoms with van der Waals surface area (Å²) in [6, 6.07) is 5.48. The van der Waals surface area contributed by atoms with E-state index in [9.17, 15) is 9.59 Å². The van der Waals surface area contributed by atoms with E-state index in [2.05, 4.69) is 15.3 Å². The van der Waals surface area contributed by atoms with E-state index in [4.69, 9.17) is 0 Å². The molecule has 1 N–H and O–H groups in total. The average molecular weight is 316 g/mol. The van der Waals surface area contributed by atoms with Crippen LogP contribution >= 0.6 is 11.8 Å². The van der Waals surface area contributed by atoms with E-state index in [1.165, 1.54) is 11.8 Å². The number of hydrogen-bond donors (Lipinski definition) is 1. The molecule has 1 aliphatic heterocycles. The molecule has 0 bridgehead atoms. The zero-order chi connectivity index (χ0) is 15.7. The van der Waals surface area contributed by atoms with Gasteiger partial charge in [0.25, 0.3) is 5.56 Å². The number of carbonyl (C=O) groups is 1. The maximum Gasteiger partial charge on any atom is 0.257 e. The molecule has 3 rings (SSSR count). The minimum atomic E-state index is -0.277. The lowest BCUT2D eigenvalue weighted by Crippen LogP contribution is -2.37. The smallest absolute Gasteiger partial charge is 0.257 e. The first-order valence-corrected chi connectivity index (χ1v) is 7.97. The molecule has 0 aliphatic carbocycles. The van der Waals surface area contributed by atoms with Gasteiger partial charge in [0.15, 0.2) is 5.16 Å². The van der Waals surface area contributed by atoms with Crippen molar-refractivity contribution >= 4 is 23.5 Å². The van der Waals surface area contributed by atoms with Gasteiger partial charge in [0.2, 0.25) is 5.91 Å². The van der Waals surface area contributed by atoms with Gasteiger partial charge in [0.1, 0.15) is 5.82 Å². The third kappa shape index (κ3) is 2.89. The highest BCUT2D eigenvalue weighted by Crippen LogP contribution is 2.25. The van der Waals surface area contributed by atoms with E-state index in [-0.39, 0.29) is 17.4 Å². The minimum Gasteiger partial charge on any atom is -0.310 e. The van der Waals surface area contributed by atoms with Gasteiger partial charge in [0, 0.05) is 29.8 Å². The van der Waals surface area contributed by atoms with Crippen molar-refractivity contribution < 1.29 is 4.79 Å². The number of amides is 1. The number of thioether (sulfide) groups is 1. The standard InChI is InChI=1S/C15H16N4O2S/c1-9-6-16-15-19(14(9)21)7-11(8-22-15)13(20)18-12-5-3-4-10(2)17-12/h3-6,11H,7-8H2,1-2H3,(H,17,18,20)/t11-/m0/s1. The monoisotopic (exact) mass is 316 g/mol.